The molecular formula is C24H23ClN6O5. The highest BCUT2D eigenvalue weighted by atomic mass is 35.5. The van der Waals surface area contributed by atoms with Crippen molar-refractivity contribution >= 4 is 52.3 Å². The second-order valence-electron chi connectivity index (χ2n) is 7.85. The summed E-state index contributed by atoms with van der Waals surface area (Å²) in [4.78, 5) is 42.8. The highest BCUT2D eigenvalue weighted by Gasteiger charge is 2.21. The number of pyridine rings is 1. The standard InChI is InChI=1S/C24H23ClN6O5/c1-15-12-18(6-7-21(15)31-10-11-36-14-22(31)32)27-24(34)28-19-8-9-30(35)13-20(19)29-23(33)26-17-4-2-16(25)3-5-17/h2-9,12-13,35H,10-11,14H2,1H3,(H,27,34)(H2,26,29,33). The zero-order valence-corrected chi connectivity index (χ0v) is 20.0. The lowest BCUT2D eigenvalue weighted by molar-refractivity contribution is -0.125. The molecule has 0 radical (unpaired) electrons. The Labute approximate surface area is 210 Å². The number of halogens is 1. The second-order valence-corrected chi connectivity index (χ2v) is 8.29. The number of aromatic nitrogens is 1. The topological polar surface area (TPSA) is 137 Å². The average molecular weight is 511 g/mol. The maximum Gasteiger partial charge on any atom is 0.345 e. The molecule has 2 heterocycles. The van der Waals surface area contributed by atoms with E-state index in [0.29, 0.717) is 29.5 Å². The Balaban J connectivity index is 1.48. The molecule has 1 saturated heterocycles. The molecular weight excluding hydrogens is 488 g/mol. The van der Waals surface area contributed by atoms with E-state index in [1.807, 2.05) is 6.92 Å². The van der Waals surface area contributed by atoms with Crippen LogP contribution >= 0.6 is 11.6 Å². The van der Waals surface area contributed by atoms with Crippen molar-refractivity contribution < 1.29 is 24.3 Å². The van der Waals surface area contributed by atoms with Crippen LogP contribution in [0.5, 0.6) is 0 Å². The number of ether oxygens (including phenoxy) is 1. The van der Waals surface area contributed by atoms with Crippen LogP contribution in [0.4, 0.5) is 32.3 Å². The summed E-state index contributed by atoms with van der Waals surface area (Å²) < 4.78 is 5.89. The van der Waals surface area contributed by atoms with E-state index in [2.05, 4.69) is 20.9 Å². The molecule has 36 heavy (non-hydrogen) atoms. The maximum absolute atomic E-state index is 12.6. The van der Waals surface area contributed by atoms with Crippen LogP contribution in [0.15, 0.2) is 65.9 Å². The highest BCUT2D eigenvalue weighted by molar-refractivity contribution is 6.30. The molecule has 4 N–H and O–H groups in total. The van der Waals surface area contributed by atoms with Gasteiger partial charge in [0.05, 0.1) is 23.8 Å². The number of morpholine rings is 1. The first-order chi connectivity index (χ1) is 17.3. The minimum Gasteiger partial charge on any atom is -0.429 e. The van der Waals surface area contributed by atoms with Gasteiger partial charge in [0.2, 0.25) is 0 Å². The van der Waals surface area contributed by atoms with Gasteiger partial charge < -0.3 is 30.8 Å². The number of aryl methyl sites for hydroxylation is 1. The molecule has 11 nitrogen and oxygen atoms in total. The van der Waals surface area contributed by atoms with Crippen LogP contribution in [0.2, 0.25) is 5.02 Å². The largest absolute Gasteiger partial charge is 0.429 e. The first kappa shape index (κ1) is 24.8. The normalized spacial score (nSPS) is 13.9. The van der Waals surface area contributed by atoms with E-state index in [-0.39, 0.29) is 23.6 Å². The van der Waals surface area contributed by atoms with Crippen molar-refractivity contribution in [3.8, 4) is 0 Å². The smallest absolute Gasteiger partial charge is 0.345 e. The monoisotopic (exact) mass is 510 g/mol. The van der Waals surface area contributed by atoms with Gasteiger partial charge >= 0.3 is 12.1 Å². The van der Waals surface area contributed by atoms with Gasteiger partial charge in [-0.05, 0) is 61.0 Å². The van der Waals surface area contributed by atoms with E-state index in [9.17, 15) is 19.6 Å². The lowest BCUT2D eigenvalue weighted by atomic mass is 10.1. The summed E-state index contributed by atoms with van der Waals surface area (Å²) >= 11 is 5.85. The molecule has 12 heteroatoms. The van der Waals surface area contributed by atoms with E-state index >= 15 is 0 Å². The quantitative estimate of drug-likeness (QED) is 0.395. The first-order valence-corrected chi connectivity index (χ1v) is 11.3. The van der Waals surface area contributed by atoms with E-state index in [0.717, 1.165) is 16.0 Å². The van der Waals surface area contributed by atoms with Crippen molar-refractivity contribution in [2.75, 3.05) is 40.6 Å². The molecule has 3 aromatic rings. The Morgan fingerprint density at radius 2 is 1.81 bits per heavy atom. The van der Waals surface area contributed by atoms with Crippen LogP contribution in [0.1, 0.15) is 5.56 Å². The molecule has 1 aliphatic rings. The lowest BCUT2D eigenvalue weighted by Gasteiger charge is -2.28. The molecule has 186 valence electrons. The molecule has 5 amide bonds. The Bertz CT molecular complexity index is 1370. The number of anilines is 4. The Hall–Kier alpha value is -4.35. The van der Waals surface area contributed by atoms with Crippen LogP contribution < -0.4 is 26.2 Å². The number of hydrogen-bond donors (Lipinski definition) is 4. The van der Waals surface area contributed by atoms with Crippen molar-refractivity contribution in [3.05, 3.63) is 76.9 Å². The number of carbonyl (C=O) groups excluding carboxylic acids is 3. The van der Waals surface area contributed by atoms with Gasteiger partial charge in [-0.15, -0.1) is 0 Å². The number of rotatable bonds is 4. The zero-order valence-electron chi connectivity index (χ0n) is 19.2. The number of carbonyl (C=O) groups is 3. The number of hydrogen-bond acceptors (Lipinski definition) is 5. The Morgan fingerprint density at radius 3 is 2.53 bits per heavy atom. The molecule has 0 aliphatic carbocycles. The van der Waals surface area contributed by atoms with E-state index < -0.39 is 12.1 Å². The molecule has 1 fully saturated rings. The SMILES string of the molecule is Cc1cc(NC(=O)N=c2ccn(O)cc2NC(=O)Nc2ccc(Cl)cc2)ccc1N1CCOCC1=O. The fourth-order valence-electron chi connectivity index (χ4n) is 3.56. The van der Waals surface area contributed by atoms with Crippen molar-refractivity contribution in [2.45, 2.75) is 6.92 Å². The summed E-state index contributed by atoms with van der Waals surface area (Å²) in [5.41, 5.74) is 2.61. The molecule has 0 bridgehead atoms. The van der Waals surface area contributed by atoms with Crippen LogP contribution in [0.25, 0.3) is 0 Å². The molecule has 0 saturated carbocycles. The fourth-order valence-corrected chi connectivity index (χ4v) is 3.69. The van der Waals surface area contributed by atoms with Crippen LogP contribution in [0.3, 0.4) is 0 Å². The van der Waals surface area contributed by atoms with Crippen LogP contribution in [-0.2, 0) is 9.53 Å². The summed E-state index contributed by atoms with van der Waals surface area (Å²) in [7, 11) is 0. The third kappa shape index (κ3) is 6.20. The van der Waals surface area contributed by atoms with Crippen LogP contribution in [-0.4, -0.2) is 47.7 Å². The third-order valence-electron chi connectivity index (χ3n) is 5.22. The number of nitrogens with zero attached hydrogens (tertiary/aromatic N) is 3. The van der Waals surface area contributed by atoms with Crippen molar-refractivity contribution in [1.82, 2.24) is 4.73 Å². The highest BCUT2D eigenvalue weighted by Crippen LogP contribution is 2.25. The van der Waals surface area contributed by atoms with E-state index in [4.69, 9.17) is 16.3 Å². The summed E-state index contributed by atoms with van der Waals surface area (Å²) in [5.74, 6) is -0.124. The molecule has 1 aliphatic heterocycles. The minimum absolute atomic E-state index is 0.0375. The molecule has 0 atom stereocenters. The fraction of sp³-hybridized carbons (Fsp3) is 0.167. The molecule has 0 spiro atoms. The third-order valence-corrected chi connectivity index (χ3v) is 5.47. The van der Waals surface area contributed by atoms with Gasteiger partial charge in [0.1, 0.15) is 6.61 Å². The van der Waals surface area contributed by atoms with E-state index in [1.165, 1.54) is 18.5 Å². The molecule has 4 rings (SSSR count). The summed E-state index contributed by atoms with van der Waals surface area (Å²) in [6, 6.07) is 11.7. The predicted octanol–water partition coefficient (Wildman–Crippen LogP) is 3.83. The van der Waals surface area contributed by atoms with Gasteiger partial charge in [-0.2, -0.15) is 9.72 Å². The Morgan fingerprint density at radius 1 is 1.06 bits per heavy atom. The first-order valence-electron chi connectivity index (χ1n) is 10.9. The van der Waals surface area contributed by atoms with E-state index in [1.54, 1.807) is 47.4 Å². The average Bonchev–Trinajstić information content (AvgIpc) is 2.83. The van der Waals surface area contributed by atoms with Gasteiger partial charge in [0.25, 0.3) is 5.91 Å². The van der Waals surface area contributed by atoms with Gasteiger partial charge in [-0.25, -0.2) is 9.59 Å². The van der Waals surface area contributed by atoms with Crippen molar-refractivity contribution in [1.29, 1.82) is 0 Å². The second kappa shape index (κ2) is 10.9. The summed E-state index contributed by atoms with van der Waals surface area (Å²) in [6.07, 6.45) is 2.47. The predicted molar refractivity (Wildman–Crippen MR) is 135 cm³/mol. The molecule has 1 aromatic heterocycles. The van der Waals surface area contributed by atoms with Gasteiger partial charge in [0.15, 0.2) is 0 Å². The summed E-state index contributed by atoms with van der Waals surface area (Å²) in [6.45, 7) is 2.79. The Kier molecular flexibility index (Phi) is 7.52. The lowest BCUT2D eigenvalue weighted by Crippen LogP contribution is -2.42. The van der Waals surface area contributed by atoms with Crippen molar-refractivity contribution in [2.24, 2.45) is 4.99 Å². The zero-order chi connectivity index (χ0) is 25.7. The summed E-state index contributed by atoms with van der Waals surface area (Å²) in [5, 5.41) is 18.3. The van der Waals surface area contributed by atoms with Crippen LogP contribution in [0, 0.1) is 6.92 Å². The van der Waals surface area contributed by atoms with Gasteiger partial charge in [-0.1, -0.05) is 11.6 Å². The molecule has 0 unspecified atom stereocenters. The maximum atomic E-state index is 12.6. The van der Waals surface area contributed by atoms with Gasteiger partial charge in [-0.3, -0.25) is 4.79 Å². The number of urea groups is 2. The molecule has 2 aromatic carbocycles. The van der Waals surface area contributed by atoms with Gasteiger partial charge in [0, 0.05) is 34.8 Å². The number of benzene rings is 2. The minimum atomic E-state index is -0.693. The number of nitrogens with one attached hydrogen (secondary N) is 3. The van der Waals surface area contributed by atoms with Crippen molar-refractivity contribution in [3.63, 3.8) is 0 Å². The number of amides is 5.